The van der Waals surface area contributed by atoms with Crippen molar-refractivity contribution in [2.75, 3.05) is 84.1 Å². The van der Waals surface area contributed by atoms with Gasteiger partial charge in [0.1, 0.15) is 84.3 Å². The Morgan fingerprint density at radius 2 is 0.786 bits per heavy atom. The molecule has 3 fully saturated rings. The molecule has 12 N–H and O–H groups in total. The number of aliphatic hydroxyl groups is 5. The third-order valence-electron chi connectivity index (χ3n) is 20.1. The van der Waals surface area contributed by atoms with Crippen LogP contribution in [-0.2, 0) is 35.8 Å². The van der Waals surface area contributed by atoms with E-state index in [0.29, 0.717) is 106 Å². The van der Waals surface area contributed by atoms with Crippen molar-refractivity contribution in [3.8, 4) is 45.6 Å². The Morgan fingerprint density at radius 1 is 0.435 bits per heavy atom. The van der Waals surface area contributed by atoms with Crippen molar-refractivity contribution >= 4 is 110 Å². The maximum absolute atomic E-state index is 12.5. The normalized spacial score (nSPS) is 16.2. The van der Waals surface area contributed by atoms with Crippen molar-refractivity contribution in [1.82, 2.24) is 97.5 Å². The third-order valence-corrected chi connectivity index (χ3v) is 20.4. The van der Waals surface area contributed by atoms with Gasteiger partial charge in [0.05, 0.1) is 139 Å². The first kappa shape index (κ1) is 108. The van der Waals surface area contributed by atoms with Gasteiger partial charge < -0.3 is 102 Å². The second kappa shape index (κ2) is 47.5. The van der Waals surface area contributed by atoms with Crippen molar-refractivity contribution in [3.05, 3.63) is 212 Å². The number of nitrogens with zero attached hydrogens (tertiary/aromatic N) is 19. The molecule has 41 heteroatoms. The number of nitrogens with two attached hydrogens (primary N) is 2. The van der Waals surface area contributed by atoms with E-state index in [1.807, 2.05) is 110 Å². The molecule has 13 aromatic rings. The summed E-state index contributed by atoms with van der Waals surface area (Å²) in [7, 11) is 4.66. The van der Waals surface area contributed by atoms with Crippen molar-refractivity contribution < 1.29 is 76.1 Å². The summed E-state index contributed by atoms with van der Waals surface area (Å²) in [6, 6.07) is 18.2. The van der Waals surface area contributed by atoms with Crippen LogP contribution >= 0.6 is 23.2 Å². The van der Waals surface area contributed by atoms with Crippen LogP contribution in [0.3, 0.4) is 0 Å². The van der Waals surface area contributed by atoms with Gasteiger partial charge in [0.15, 0.2) is 0 Å². The smallest absolute Gasteiger partial charge is 1.00 e. The van der Waals surface area contributed by atoms with Gasteiger partial charge in [-0.3, -0.25) is 37.5 Å². The number of nitrogen functional groups attached to an aromatic ring is 1. The van der Waals surface area contributed by atoms with Crippen molar-refractivity contribution in [1.29, 1.82) is 0 Å². The number of carbonyl (C=O) groups excluding carboxylic acids is 4. The second-order valence-corrected chi connectivity index (χ2v) is 34.6. The average molecular weight is 1870 g/mol. The summed E-state index contributed by atoms with van der Waals surface area (Å²) in [4.78, 5) is 106. The van der Waals surface area contributed by atoms with Crippen LogP contribution in [-0.4, -0.2) is 262 Å². The predicted molar refractivity (Wildman–Crippen MR) is 499 cm³/mol. The van der Waals surface area contributed by atoms with Gasteiger partial charge in [-0.05, 0) is 167 Å². The van der Waals surface area contributed by atoms with E-state index < -0.39 is 39.9 Å². The van der Waals surface area contributed by atoms with E-state index in [1.54, 1.807) is 148 Å². The number of imidazole rings is 4. The number of rotatable bonds is 13. The van der Waals surface area contributed by atoms with Crippen LogP contribution in [0.2, 0.25) is 10.3 Å². The zero-order valence-electron chi connectivity index (χ0n) is 77.3. The SMILES string of the molecule is CC(C)(O)c1ccc2ncc(-c3cncc(Cl)n3)n2c1.CO.CO.COC(=O)c1ccc(N)nc1.COC(=O)c1ccc2ncc(-c3cncc(Cl)n3)n2c1.C[C@@H]1CN(C(=O)OC(C)(C)C)C[C@@H]1N.C[C@@H]1CN(C(=O)OC(C)(C)C)C[C@@H]1Nc1cncc(-c2cnc3ccc(C(C)(C)O)cn23)n1.C[C@@H]1CNC[C@@H]1Nc1cncc(-c2cnc3ccc(C(C)(C)O)cn23)n1.[CH3-].[Cl-].[Mg+2]. The Hall–Kier alpha value is -11.5. The Labute approximate surface area is 793 Å². The van der Waals surface area contributed by atoms with Gasteiger partial charge in [0, 0.05) is 96.1 Å². The molecular weight excluding hydrogens is 1760 g/mol. The minimum Gasteiger partial charge on any atom is -1.00 e. The fraction of sp³-hybridized carbons (Fsp3) is 0.400. The molecule has 0 radical (unpaired) electrons. The maximum Gasteiger partial charge on any atom is 2.00 e. The van der Waals surface area contributed by atoms with Crippen molar-refractivity contribution in [3.63, 3.8) is 0 Å². The van der Waals surface area contributed by atoms with E-state index in [4.69, 9.17) is 69.1 Å². The molecule has 0 aliphatic carbocycles. The molecule has 3 saturated heterocycles. The number of aliphatic hydroxyl groups excluding tert-OH is 2. The van der Waals surface area contributed by atoms with Gasteiger partial charge in [0.25, 0.3) is 0 Å². The maximum atomic E-state index is 12.5. The number of nitrogens with one attached hydrogen (secondary N) is 3. The number of anilines is 3. The molecule has 698 valence electrons. The summed E-state index contributed by atoms with van der Waals surface area (Å²) < 4.78 is 27.4. The number of fused-ring (bicyclic) bond motifs is 4. The van der Waals surface area contributed by atoms with Gasteiger partial charge in [-0.25, -0.2) is 64.0 Å². The minimum absolute atomic E-state index is 0. The summed E-state index contributed by atoms with van der Waals surface area (Å²) in [5.74, 6) is 2.10. The van der Waals surface area contributed by atoms with E-state index in [-0.39, 0.29) is 73.1 Å². The number of methoxy groups -OCH3 is 2. The van der Waals surface area contributed by atoms with Crippen LogP contribution in [0.25, 0.3) is 68.1 Å². The summed E-state index contributed by atoms with van der Waals surface area (Å²) in [5, 5.41) is 55.7. The molecule has 13 aromatic heterocycles. The number of carbonyl (C=O) groups is 4. The quantitative estimate of drug-likeness (QED) is 0.0223. The second-order valence-electron chi connectivity index (χ2n) is 33.8. The fourth-order valence-corrected chi connectivity index (χ4v) is 13.5. The first-order chi connectivity index (χ1) is 60.5. The van der Waals surface area contributed by atoms with Gasteiger partial charge in [0.2, 0.25) is 0 Å². The molecule has 6 atom stereocenters. The summed E-state index contributed by atoms with van der Waals surface area (Å²) >= 11 is 11.7. The number of esters is 2. The summed E-state index contributed by atoms with van der Waals surface area (Å²) in [5.41, 5.74) is 19.3. The third kappa shape index (κ3) is 29.7. The number of hydrogen-bond donors (Lipinski definition) is 10. The minimum atomic E-state index is -0.969. The molecule has 3 aliphatic heterocycles. The molecule has 0 saturated carbocycles. The van der Waals surface area contributed by atoms with E-state index in [0.717, 1.165) is 89.5 Å². The van der Waals surface area contributed by atoms with Crippen LogP contribution < -0.4 is 39.8 Å². The zero-order chi connectivity index (χ0) is 93.9. The van der Waals surface area contributed by atoms with Crippen LogP contribution in [0.5, 0.6) is 0 Å². The first-order valence-corrected chi connectivity index (χ1v) is 41.7. The van der Waals surface area contributed by atoms with E-state index in [1.165, 1.54) is 32.8 Å². The van der Waals surface area contributed by atoms with Gasteiger partial charge >= 0.3 is 47.2 Å². The zero-order valence-corrected chi connectivity index (χ0v) is 81.0. The van der Waals surface area contributed by atoms with Crippen LogP contribution in [0.4, 0.5) is 27.0 Å². The first-order valence-electron chi connectivity index (χ1n) is 40.9. The number of aromatic nitrogens is 17. The molecule has 0 bridgehead atoms. The number of halogens is 3. The average Bonchev–Trinajstić information content (AvgIpc) is 1.66. The molecule has 3 aliphatic rings. The van der Waals surface area contributed by atoms with Crippen molar-refractivity contribution in [2.24, 2.45) is 23.5 Å². The van der Waals surface area contributed by atoms with E-state index in [9.17, 15) is 34.5 Å². The molecule has 0 spiro atoms. The molecule has 2 amide bonds. The van der Waals surface area contributed by atoms with Gasteiger partial charge in [-0.1, -0.05) is 62.2 Å². The number of likely N-dealkylation sites (tertiary alicyclic amines) is 2. The van der Waals surface area contributed by atoms with E-state index in [2.05, 4.69) is 96.3 Å². The molecular formula is C90H117Cl3MgN24O13. The number of hydrogen-bond acceptors (Lipinski definition) is 31. The van der Waals surface area contributed by atoms with Crippen LogP contribution in [0.1, 0.15) is 141 Å². The Bertz CT molecular complexity index is 5900. The molecule has 16 heterocycles. The Balaban J connectivity index is 0.000000246. The standard InChI is InChI=1S/C24H32N6O3.C19H24N6O.C14H13ClN4O.C13H9ClN4O2.C10H20N2O2.C7H8N2O2.2CH4O.CH3.ClH.Mg/c1-15-12-29(22(31)33-23(2,3)4)14-18(15)28-20-11-25-9-17(27-20)19-10-26-21-8-7-16(13-30(19)21)24(5,6)32;1-12-6-20-7-14(12)23-17-10-21-8-15(24-17)16-9-22-18-5-4-13(11-25(16)18)19(2,3)26;1-14(2,20)9-3-4-13-17-6-11(19(13)8-9)10-5-16-7-12(15)18-10;1-20-13(19)8-2-3-12-16-5-10(18(12)7-8)9-4-15-6-11(14)17-9;1-7-5-12(6-8(7)11)9(13)14-10(2,3)4;1-11-7(10)5-2-3-6(8)9-4-5;2*1-2;;;/h7-11,13,15,18,32H,12,14H2,1-6H3,(H,27,28);4-5,8-12,14,20,26H,6-7H2,1-3H3,(H,23,24);3-8,20H,1-2H3;2-7H,1H3;7-8H,5-6,11H2,1-4H3;2-4H,1H3,(H2,8,9);2*2H,1H3;1H3;1H;/q;;;;;;;;-1;;+2/p-1/t15-,18+;12-,14+;;;7-,8+;;;;;;/m11..1....../s1. The fourth-order valence-electron chi connectivity index (χ4n) is 13.2. The topological polar surface area (TPSA) is 486 Å². The number of pyridine rings is 5. The monoisotopic (exact) mass is 1870 g/mol. The van der Waals surface area contributed by atoms with E-state index >= 15 is 0 Å². The van der Waals surface area contributed by atoms with Gasteiger partial charge in [-0.2, -0.15) is 0 Å². The largest absolute Gasteiger partial charge is 2.00 e. The number of ether oxygens (including phenoxy) is 4. The van der Waals surface area contributed by atoms with Crippen LogP contribution in [0, 0.1) is 25.2 Å². The molecule has 37 nitrogen and oxygen atoms in total. The predicted octanol–water partition coefficient (Wildman–Crippen LogP) is 8.57. The summed E-state index contributed by atoms with van der Waals surface area (Å²) in [6.07, 6.45) is 28.0. The summed E-state index contributed by atoms with van der Waals surface area (Å²) in [6.45, 7) is 32.5. The van der Waals surface area contributed by atoms with Gasteiger partial charge in [-0.15, -0.1) is 0 Å². The van der Waals surface area contributed by atoms with Crippen molar-refractivity contribution in [2.45, 2.75) is 150 Å². The molecule has 16 rings (SSSR count). The Morgan fingerprint density at radius 3 is 1.13 bits per heavy atom. The Kier molecular flexibility index (Phi) is 39.3. The molecule has 131 heavy (non-hydrogen) atoms. The molecule has 0 aromatic carbocycles. The molecule has 0 unspecified atom stereocenters. The van der Waals surface area contributed by atoms with Crippen LogP contribution in [0.15, 0.2) is 166 Å². The number of amides is 2.